The highest BCUT2D eigenvalue weighted by molar-refractivity contribution is 7.15. The van der Waals surface area contributed by atoms with Crippen molar-refractivity contribution < 1.29 is 9.84 Å². The van der Waals surface area contributed by atoms with E-state index in [0.29, 0.717) is 0 Å². The van der Waals surface area contributed by atoms with Gasteiger partial charge < -0.3 is 9.84 Å². The van der Waals surface area contributed by atoms with Crippen molar-refractivity contribution in [1.82, 2.24) is 0 Å². The molecule has 16 heavy (non-hydrogen) atoms. The van der Waals surface area contributed by atoms with E-state index in [4.69, 9.17) is 9.84 Å². The van der Waals surface area contributed by atoms with Gasteiger partial charge in [0.2, 0.25) is 0 Å². The van der Waals surface area contributed by atoms with Crippen molar-refractivity contribution in [2.45, 2.75) is 13.5 Å². The normalized spacial score (nSPS) is 10.4. The van der Waals surface area contributed by atoms with Crippen molar-refractivity contribution >= 4 is 11.3 Å². The third-order valence-corrected chi connectivity index (χ3v) is 3.49. The first-order chi connectivity index (χ1) is 7.74. The number of aryl methyl sites for hydroxylation is 1. The van der Waals surface area contributed by atoms with Crippen LogP contribution in [0.15, 0.2) is 30.3 Å². The quantitative estimate of drug-likeness (QED) is 0.883. The zero-order valence-electron chi connectivity index (χ0n) is 9.36. The minimum absolute atomic E-state index is 0.0569. The second-order valence-corrected chi connectivity index (χ2v) is 4.89. The highest BCUT2D eigenvalue weighted by Gasteiger charge is 2.08. The molecule has 0 bridgehead atoms. The molecule has 84 valence electrons. The van der Waals surface area contributed by atoms with Crippen LogP contribution in [0.2, 0.25) is 0 Å². The van der Waals surface area contributed by atoms with Gasteiger partial charge in [-0.1, -0.05) is 6.07 Å². The highest BCUT2D eigenvalue weighted by Crippen LogP contribution is 2.35. The minimum atomic E-state index is 0.0569. The molecule has 0 fully saturated rings. The molecule has 1 aromatic carbocycles. The molecule has 0 saturated carbocycles. The molecule has 0 spiro atoms. The van der Waals surface area contributed by atoms with Crippen LogP contribution in [0.25, 0.3) is 10.4 Å². The number of aliphatic hydroxyl groups is 1. The summed E-state index contributed by atoms with van der Waals surface area (Å²) in [4.78, 5) is 2.44. The second kappa shape index (κ2) is 4.68. The Morgan fingerprint density at radius 2 is 2.06 bits per heavy atom. The van der Waals surface area contributed by atoms with Crippen LogP contribution >= 0.6 is 11.3 Å². The standard InChI is InChI=1S/C13H14O2S/c1-9-3-6-13(16-9)11-7-10(8-14)4-5-12(11)15-2/h3-7,14H,8H2,1-2H3. The Hall–Kier alpha value is -1.32. The summed E-state index contributed by atoms with van der Waals surface area (Å²) in [6.07, 6.45) is 0. The maximum atomic E-state index is 9.14. The first-order valence-electron chi connectivity index (χ1n) is 5.09. The molecule has 1 N–H and O–H groups in total. The molecule has 1 heterocycles. The van der Waals surface area contributed by atoms with E-state index in [0.717, 1.165) is 16.9 Å². The number of hydrogen-bond donors (Lipinski definition) is 1. The van der Waals surface area contributed by atoms with Crippen molar-refractivity contribution in [3.05, 3.63) is 40.8 Å². The van der Waals surface area contributed by atoms with Crippen LogP contribution in [-0.4, -0.2) is 12.2 Å². The molecule has 2 nitrogen and oxygen atoms in total. The molecule has 2 rings (SSSR count). The third kappa shape index (κ3) is 2.10. The number of benzene rings is 1. The van der Waals surface area contributed by atoms with E-state index in [1.165, 1.54) is 9.75 Å². The van der Waals surface area contributed by atoms with Gasteiger partial charge in [0.15, 0.2) is 0 Å². The van der Waals surface area contributed by atoms with Gasteiger partial charge in [-0.05, 0) is 36.8 Å². The Morgan fingerprint density at radius 3 is 2.62 bits per heavy atom. The summed E-state index contributed by atoms with van der Waals surface area (Å²) < 4.78 is 5.33. The van der Waals surface area contributed by atoms with E-state index in [2.05, 4.69) is 19.1 Å². The van der Waals surface area contributed by atoms with Gasteiger partial charge in [0.1, 0.15) is 5.75 Å². The lowest BCUT2D eigenvalue weighted by atomic mass is 10.1. The lowest BCUT2D eigenvalue weighted by Crippen LogP contribution is -1.89. The van der Waals surface area contributed by atoms with Gasteiger partial charge in [-0.15, -0.1) is 11.3 Å². The van der Waals surface area contributed by atoms with Gasteiger partial charge in [-0.3, -0.25) is 0 Å². The summed E-state index contributed by atoms with van der Waals surface area (Å²) in [5.41, 5.74) is 1.95. The molecule has 0 aliphatic heterocycles. The van der Waals surface area contributed by atoms with Crippen LogP contribution in [0, 0.1) is 6.92 Å². The molecule has 0 saturated heterocycles. The van der Waals surface area contributed by atoms with Gasteiger partial charge >= 0.3 is 0 Å². The van der Waals surface area contributed by atoms with E-state index < -0.39 is 0 Å². The minimum Gasteiger partial charge on any atom is -0.496 e. The Kier molecular flexibility index (Phi) is 3.27. The summed E-state index contributed by atoms with van der Waals surface area (Å²) in [5, 5.41) is 9.14. The fourth-order valence-corrected chi connectivity index (χ4v) is 2.51. The summed E-state index contributed by atoms with van der Waals surface area (Å²) in [6, 6.07) is 9.92. The Morgan fingerprint density at radius 1 is 1.25 bits per heavy atom. The third-order valence-electron chi connectivity index (χ3n) is 2.45. The number of hydrogen-bond acceptors (Lipinski definition) is 3. The van der Waals surface area contributed by atoms with Gasteiger partial charge in [0, 0.05) is 15.3 Å². The topological polar surface area (TPSA) is 29.5 Å². The molecule has 0 amide bonds. The summed E-state index contributed by atoms with van der Waals surface area (Å²) in [7, 11) is 1.66. The van der Waals surface area contributed by atoms with Crippen LogP contribution in [0.5, 0.6) is 5.75 Å². The average Bonchev–Trinajstić information content (AvgIpc) is 2.75. The molecule has 0 unspecified atom stereocenters. The van der Waals surface area contributed by atoms with Crippen molar-refractivity contribution in [3.8, 4) is 16.2 Å². The molecule has 1 aromatic heterocycles. The monoisotopic (exact) mass is 234 g/mol. The molecule has 2 aromatic rings. The Labute approximate surface area is 99.1 Å². The first-order valence-corrected chi connectivity index (χ1v) is 5.91. The van der Waals surface area contributed by atoms with Crippen molar-refractivity contribution in [2.75, 3.05) is 7.11 Å². The van der Waals surface area contributed by atoms with Crippen molar-refractivity contribution in [1.29, 1.82) is 0 Å². The predicted octanol–water partition coefficient (Wildman–Crippen LogP) is 3.22. The van der Waals surface area contributed by atoms with Crippen LogP contribution in [0.1, 0.15) is 10.4 Å². The second-order valence-electron chi connectivity index (χ2n) is 3.60. The van der Waals surface area contributed by atoms with Crippen LogP contribution in [0.3, 0.4) is 0 Å². The lowest BCUT2D eigenvalue weighted by Gasteiger charge is -2.08. The zero-order valence-corrected chi connectivity index (χ0v) is 10.2. The van der Waals surface area contributed by atoms with Crippen LogP contribution < -0.4 is 4.74 Å². The molecule has 0 aliphatic carbocycles. The van der Waals surface area contributed by atoms with E-state index in [-0.39, 0.29) is 6.61 Å². The van der Waals surface area contributed by atoms with Gasteiger partial charge in [0.25, 0.3) is 0 Å². The summed E-state index contributed by atoms with van der Waals surface area (Å²) in [5.74, 6) is 0.846. The number of ether oxygens (including phenoxy) is 1. The van der Waals surface area contributed by atoms with Crippen molar-refractivity contribution in [2.24, 2.45) is 0 Å². The number of aliphatic hydroxyl groups excluding tert-OH is 1. The SMILES string of the molecule is COc1ccc(CO)cc1-c1ccc(C)s1. The van der Waals surface area contributed by atoms with Crippen LogP contribution in [0.4, 0.5) is 0 Å². The van der Waals surface area contributed by atoms with Crippen LogP contribution in [-0.2, 0) is 6.61 Å². The van der Waals surface area contributed by atoms with Gasteiger partial charge in [-0.2, -0.15) is 0 Å². The number of thiophene rings is 1. The largest absolute Gasteiger partial charge is 0.496 e. The molecule has 0 atom stereocenters. The highest BCUT2D eigenvalue weighted by atomic mass is 32.1. The smallest absolute Gasteiger partial charge is 0.127 e. The number of rotatable bonds is 3. The summed E-state index contributed by atoms with van der Waals surface area (Å²) in [6.45, 7) is 2.14. The van der Waals surface area contributed by atoms with Gasteiger partial charge in [-0.25, -0.2) is 0 Å². The Balaban J connectivity index is 2.52. The van der Waals surface area contributed by atoms with Gasteiger partial charge in [0.05, 0.1) is 13.7 Å². The average molecular weight is 234 g/mol. The molecular weight excluding hydrogens is 220 g/mol. The Bertz CT molecular complexity index is 488. The van der Waals surface area contributed by atoms with E-state index >= 15 is 0 Å². The summed E-state index contributed by atoms with van der Waals surface area (Å²) >= 11 is 1.73. The van der Waals surface area contributed by atoms with E-state index in [1.807, 2.05) is 18.2 Å². The fraction of sp³-hybridized carbons (Fsp3) is 0.231. The van der Waals surface area contributed by atoms with Crippen molar-refractivity contribution in [3.63, 3.8) is 0 Å². The fourth-order valence-electron chi connectivity index (χ4n) is 1.63. The lowest BCUT2D eigenvalue weighted by molar-refractivity contribution is 0.281. The maximum absolute atomic E-state index is 9.14. The number of methoxy groups -OCH3 is 1. The zero-order chi connectivity index (χ0) is 11.5. The molecule has 3 heteroatoms. The first kappa shape index (κ1) is 11.2. The molecule has 0 radical (unpaired) electrons. The maximum Gasteiger partial charge on any atom is 0.127 e. The molecular formula is C13H14O2S. The predicted molar refractivity (Wildman–Crippen MR) is 67.0 cm³/mol. The van der Waals surface area contributed by atoms with E-state index in [9.17, 15) is 0 Å². The molecule has 0 aliphatic rings. The van der Waals surface area contributed by atoms with E-state index in [1.54, 1.807) is 18.4 Å².